The molecule has 0 saturated heterocycles. The summed E-state index contributed by atoms with van der Waals surface area (Å²) in [6, 6.07) is 0. The van der Waals surface area contributed by atoms with Crippen LogP contribution in [0.4, 0.5) is 0 Å². The number of halogens is 2. The number of alkyl halides is 2. The van der Waals surface area contributed by atoms with Gasteiger partial charge in [0.1, 0.15) is 0 Å². The quantitative estimate of drug-likeness (QED) is 0.771. The average Bonchev–Trinajstić information content (AvgIpc) is 2.02. The highest BCUT2D eigenvalue weighted by Crippen LogP contribution is 2.16. The van der Waals surface area contributed by atoms with Crippen molar-refractivity contribution in [3.05, 3.63) is 0 Å². The average molecular weight is 288 g/mol. The van der Waals surface area contributed by atoms with Gasteiger partial charge in [-0.25, -0.2) is 0 Å². The summed E-state index contributed by atoms with van der Waals surface area (Å²) in [7, 11) is 0. The highest BCUT2D eigenvalue weighted by Gasteiger charge is 2.15. The maximum absolute atomic E-state index is 9.57. The molecule has 3 atom stereocenters. The number of rotatable bonds is 5. The summed E-state index contributed by atoms with van der Waals surface area (Å²) in [5.74, 6) is 0.919. The molecule has 1 N–H and O–H groups in total. The Labute approximate surface area is 85.8 Å². The van der Waals surface area contributed by atoms with Crippen LogP contribution in [0, 0.1) is 11.8 Å². The lowest BCUT2D eigenvalue weighted by molar-refractivity contribution is 0.106. The van der Waals surface area contributed by atoms with Crippen molar-refractivity contribution in [2.24, 2.45) is 11.8 Å². The fourth-order valence-corrected chi connectivity index (χ4v) is 1.51. The second-order valence-corrected chi connectivity index (χ2v) is 4.49. The molecule has 0 aliphatic heterocycles. The summed E-state index contributed by atoms with van der Waals surface area (Å²) in [5, 5.41) is 11.4. The van der Waals surface area contributed by atoms with E-state index < -0.39 is 0 Å². The Balaban J connectivity index is 3.58. The van der Waals surface area contributed by atoms with Gasteiger partial charge in [-0.3, -0.25) is 0 Å². The molecular formula is C8H16Br2O. The Kier molecular flexibility index (Phi) is 6.98. The zero-order chi connectivity index (χ0) is 8.85. The zero-order valence-corrected chi connectivity index (χ0v) is 10.2. The van der Waals surface area contributed by atoms with Gasteiger partial charge in [-0.1, -0.05) is 45.7 Å². The molecule has 1 nitrogen and oxygen atoms in total. The van der Waals surface area contributed by atoms with Crippen LogP contribution in [0.1, 0.15) is 20.3 Å². The van der Waals surface area contributed by atoms with Crippen molar-refractivity contribution in [1.29, 1.82) is 0 Å². The van der Waals surface area contributed by atoms with Crippen molar-refractivity contribution in [1.82, 2.24) is 0 Å². The molecule has 0 saturated carbocycles. The maximum Gasteiger partial charge on any atom is 0.0576 e. The first-order chi connectivity index (χ1) is 5.11. The van der Waals surface area contributed by atoms with E-state index in [0.29, 0.717) is 11.8 Å². The van der Waals surface area contributed by atoms with Crippen LogP contribution in [-0.4, -0.2) is 21.9 Å². The van der Waals surface area contributed by atoms with Crippen molar-refractivity contribution < 1.29 is 5.11 Å². The molecule has 11 heavy (non-hydrogen) atoms. The van der Waals surface area contributed by atoms with Crippen LogP contribution < -0.4 is 0 Å². The van der Waals surface area contributed by atoms with Gasteiger partial charge in [0.15, 0.2) is 0 Å². The van der Waals surface area contributed by atoms with Crippen LogP contribution in [0.15, 0.2) is 0 Å². The van der Waals surface area contributed by atoms with E-state index in [1.165, 1.54) is 0 Å². The minimum atomic E-state index is -0.165. The highest BCUT2D eigenvalue weighted by atomic mass is 79.9. The maximum atomic E-state index is 9.57. The van der Waals surface area contributed by atoms with E-state index in [-0.39, 0.29) is 6.10 Å². The fourth-order valence-electron chi connectivity index (χ4n) is 0.810. The van der Waals surface area contributed by atoms with E-state index in [2.05, 4.69) is 45.7 Å². The lowest BCUT2D eigenvalue weighted by atomic mass is 9.97. The van der Waals surface area contributed by atoms with Gasteiger partial charge in [-0.2, -0.15) is 0 Å². The van der Waals surface area contributed by atoms with Gasteiger partial charge in [0.25, 0.3) is 0 Å². The minimum absolute atomic E-state index is 0.165. The molecule has 0 fully saturated rings. The Bertz CT molecular complexity index is 98.1. The number of aliphatic hydroxyl groups excluding tert-OH is 1. The van der Waals surface area contributed by atoms with Gasteiger partial charge in [-0.15, -0.1) is 0 Å². The molecule has 3 unspecified atom stereocenters. The third-order valence-electron chi connectivity index (χ3n) is 1.81. The van der Waals surface area contributed by atoms with Gasteiger partial charge in [0.05, 0.1) is 6.10 Å². The number of hydrogen-bond donors (Lipinski definition) is 1. The monoisotopic (exact) mass is 286 g/mol. The summed E-state index contributed by atoms with van der Waals surface area (Å²) in [6.45, 7) is 4.19. The standard InChI is InChI=1S/C8H16Br2O/c1-6(4-9)3-8(11)7(2)5-10/h6-8,11H,3-5H2,1-2H3. The van der Waals surface area contributed by atoms with E-state index in [9.17, 15) is 5.11 Å². The van der Waals surface area contributed by atoms with Crippen LogP contribution in [0.25, 0.3) is 0 Å². The van der Waals surface area contributed by atoms with Crippen LogP contribution in [0.2, 0.25) is 0 Å². The Morgan fingerprint density at radius 1 is 1.18 bits per heavy atom. The predicted octanol–water partition coefficient (Wildman–Crippen LogP) is 2.80. The normalized spacial score (nSPS) is 19.4. The molecule has 0 rings (SSSR count). The SMILES string of the molecule is CC(CBr)CC(O)C(C)CBr. The van der Waals surface area contributed by atoms with Crippen LogP contribution in [0.3, 0.4) is 0 Å². The van der Waals surface area contributed by atoms with Crippen LogP contribution in [-0.2, 0) is 0 Å². The number of aliphatic hydroxyl groups is 1. The first-order valence-electron chi connectivity index (χ1n) is 3.91. The topological polar surface area (TPSA) is 20.2 Å². The molecule has 3 heteroatoms. The summed E-state index contributed by atoms with van der Waals surface area (Å²) in [4.78, 5) is 0. The van der Waals surface area contributed by atoms with Gasteiger partial charge >= 0.3 is 0 Å². The summed E-state index contributed by atoms with van der Waals surface area (Å²) in [6.07, 6.45) is 0.722. The molecule has 0 aromatic carbocycles. The number of hydrogen-bond acceptors (Lipinski definition) is 1. The molecule has 0 aliphatic rings. The van der Waals surface area contributed by atoms with E-state index in [1.807, 2.05) is 0 Å². The van der Waals surface area contributed by atoms with Crippen molar-refractivity contribution >= 4 is 31.9 Å². The summed E-state index contributed by atoms with van der Waals surface area (Å²) < 4.78 is 0. The molecule has 0 spiro atoms. The van der Waals surface area contributed by atoms with Gasteiger partial charge < -0.3 is 5.11 Å². The molecule has 0 aromatic rings. The Morgan fingerprint density at radius 3 is 2.09 bits per heavy atom. The first kappa shape index (κ1) is 11.9. The molecule has 0 aromatic heterocycles. The fraction of sp³-hybridized carbons (Fsp3) is 1.00. The Morgan fingerprint density at radius 2 is 1.73 bits per heavy atom. The van der Waals surface area contributed by atoms with Crippen molar-refractivity contribution in [2.75, 3.05) is 10.7 Å². The molecular weight excluding hydrogens is 272 g/mol. The summed E-state index contributed by atoms with van der Waals surface area (Å²) in [5.41, 5.74) is 0. The van der Waals surface area contributed by atoms with Crippen molar-refractivity contribution in [2.45, 2.75) is 26.4 Å². The van der Waals surface area contributed by atoms with E-state index in [1.54, 1.807) is 0 Å². The largest absolute Gasteiger partial charge is 0.393 e. The third kappa shape index (κ3) is 5.21. The Hall–Kier alpha value is 0.920. The molecule has 0 heterocycles. The molecule has 0 amide bonds. The lowest BCUT2D eigenvalue weighted by Crippen LogP contribution is -2.21. The lowest BCUT2D eigenvalue weighted by Gasteiger charge is -2.19. The molecule has 68 valence electrons. The van der Waals surface area contributed by atoms with Crippen molar-refractivity contribution in [3.8, 4) is 0 Å². The van der Waals surface area contributed by atoms with Gasteiger partial charge in [-0.05, 0) is 18.3 Å². The van der Waals surface area contributed by atoms with Crippen molar-refractivity contribution in [3.63, 3.8) is 0 Å². The highest BCUT2D eigenvalue weighted by molar-refractivity contribution is 9.09. The molecule has 0 aliphatic carbocycles. The minimum Gasteiger partial charge on any atom is -0.393 e. The molecule has 0 bridgehead atoms. The van der Waals surface area contributed by atoms with Crippen LogP contribution >= 0.6 is 31.9 Å². The first-order valence-corrected chi connectivity index (χ1v) is 6.16. The summed E-state index contributed by atoms with van der Waals surface area (Å²) >= 11 is 6.75. The third-order valence-corrected chi connectivity index (χ3v) is 3.93. The second-order valence-electron chi connectivity index (χ2n) is 3.19. The second kappa shape index (κ2) is 6.44. The van der Waals surface area contributed by atoms with Gasteiger partial charge in [0, 0.05) is 10.7 Å². The molecule has 0 radical (unpaired) electrons. The van der Waals surface area contributed by atoms with E-state index in [4.69, 9.17) is 0 Å². The van der Waals surface area contributed by atoms with Gasteiger partial charge in [0.2, 0.25) is 0 Å². The van der Waals surface area contributed by atoms with E-state index >= 15 is 0 Å². The van der Waals surface area contributed by atoms with E-state index in [0.717, 1.165) is 17.1 Å². The predicted molar refractivity (Wildman–Crippen MR) is 56.5 cm³/mol. The van der Waals surface area contributed by atoms with Crippen LogP contribution in [0.5, 0.6) is 0 Å². The smallest absolute Gasteiger partial charge is 0.0576 e. The zero-order valence-electron chi connectivity index (χ0n) is 7.06.